The summed E-state index contributed by atoms with van der Waals surface area (Å²) in [5, 5.41) is 17.4. The van der Waals surface area contributed by atoms with E-state index in [9.17, 15) is 9.90 Å². The Labute approximate surface area is 150 Å². The largest absolute Gasteiger partial charge is 0.391 e. The van der Waals surface area contributed by atoms with Gasteiger partial charge in [-0.1, -0.05) is 6.07 Å². The Kier molecular flexibility index (Phi) is 4.49. The Hall–Kier alpha value is -3.00. The number of aromatic nitrogens is 5. The number of rotatable bonds is 5. The van der Waals surface area contributed by atoms with Gasteiger partial charge in [-0.05, 0) is 30.9 Å². The molecule has 0 aliphatic heterocycles. The van der Waals surface area contributed by atoms with E-state index in [1.54, 1.807) is 29.6 Å². The molecular formula is C18H20N6O2. The van der Waals surface area contributed by atoms with Crippen LogP contribution in [-0.4, -0.2) is 47.5 Å². The lowest BCUT2D eigenvalue weighted by atomic mass is 10.1. The number of hydrogen-bond acceptors (Lipinski definition) is 5. The van der Waals surface area contributed by atoms with Gasteiger partial charge in [-0.2, -0.15) is 5.10 Å². The highest BCUT2D eigenvalue weighted by Gasteiger charge is 2.34. The molecule has 2 N–H and O–H groups in total. The monoisotopic (exact) mass is 352 g/mol. The molecule has 3 heterocycles. The lowest BCUT2D eigenvalue weighted by Crippen LogP contribution is -2.39. The van der Waals surface area contributed by atoms with Crippen molar-refractivity contribution in [3.05, 3.63) is 61.1 Å². The first-order chi connectivity index (χ1) is 12.7. The molecule has 3 atom stereocenters. The van der Waals surface area contributed by atoms with Gasteiger partial charge in [0.1, 0.15) is 0 Å². The second-order valence-corrected chi connectivity index (χ2v) is 6.61. The van der Waals surface area contributed by atoms with E-state index in [1.807, 2.05) is 29.0 Å². The van der Waals surface area contributed by atoms with E-state index in [4.69, 9.17) is 0 Å². The highest BCUT2D eigenvalue weighted by atomic mass is 16.3. The van der Waals surface area contributed by atoms with Gasteiger partial charge in [-0.3, -0.25) is 4.79 Å². The zero-order valence-corrected chi connectivity index (χ0v) is 14.1. The van der Waals surface area contributed by atoms with Crippen LogP contribution in [0, 0.1) is 5.92 Å². The van der Waals surface area contributed by atoms with Crippen LogP contribution in [0.4, 0.5) is 0 Å². The fourth-order valence-electron chi connectivity index (χ4n) is 3.42. The third-order valence-corrected chi connectivity index (χ3v) is 4.70. The zero-order chi connectivity index (χ0) is 17.9. The summed E-state index contributed by atoms with van der Waals surface area (Å²) in [6.45, 7) is 0.793. The van der Waals surface area contributed by atoms with E-state index >= 15 is 0 Å². The van der Waals surface area contributed by atoms with E-state index in [0.29, 0.717) is 23.7 Å². The number of carbonyl (C=O) groups is 1. The first-order valence-electron chi connectivity index (χ1n) is 8.60. The van der Waals surface area contributed by atoms with Gasteiger partial charge < -0.3 is 15.0 Å². The molecular weight excluding hydrogens is 332 g/mol. The first-order valence-corrected chi connectivity index (χ1v) is 8.60. The molecule has 0 saturated heterocycles. The second-order valence-electron chi connectivity index (χ2n) is 6.61. The Balaban J connectivity index is 1.38. The molecule has 0 radical (unpaired) electrons. The van der Waals surface area contributed by atoms with Crippen molar-refractivity contribution in [3.8, 4) is 5.82 Å². The molecule has 1 aliphatic rings. The molecule has 1 aliphatic carbocycles. The summed E-state index contributed by atoms with van der Waals surface area (Å²) >= 11 is 0. The van der Waals surface area contributed by atoms with Gasteiger partial charge in [0, 0.05) is 31.3 Å². The van der Waals surface area contributed by atoms with Gasteiger partial charge >= 0.3 is 0 Å². The molecule has 8 nitrogen and oxygen atoms in total. The molecule has 134 valence electrons. The number of imidazole rings is 1. The fraction of sp³-hybridized carbons (Fsp3) is 0.333. The molecule has 1 unspecified atom stereocenters. The molecule has 1 saturated carbocycles. The van der Waals surface area contributed by atoms with Crippen LogP contribution >= 0.6 is 0 Å². The van der Waals surface area contributed by atoms with Crippen molar-refractivity contribution in [2.24, 2.45) is 5.92 Å². The minimum atomic E-state index is -0.543. The summed E-state index contributed by atoms with van der Waals surface area (Å²) < 4.78 is 3.56. The highest BCUT2D eigenvalue weighted by molar-refractivity contribution is 5.94. The maximum atomic E-state index is 12.5. The zero-order valence-electron chi connectivity index (χ0n) is 14.1. The van der Waals surface area contributed by atoms with Gasteiger partial charge in [0.2, 0.25) is 0 Å². The number of aliphatic hydroxyl groups excluding tert-OH is 1. The van der Waals surface area contributed by atoms with Crippen LogP contribution in [0.25, 0.3) is 5.82 Å². The quantitative estimate of drug-likeness (QED) is 0.715. The van der Waals surface area contributed by atoms with E-state index in [2.05, 4.69) is 20.4 Å². The minimum absolute atomic E-state index is 0.237. The maximum absolute atomic E-state index is 12.5. The molecule has 0 spiro atoms. The third-order valence-electron chi connectivity index (χ3n) is 4.70. The van der Waals surface area contributed by atoms with Crippen molar-refractivity contribution in [2.45, 2.75) is 31.5 Å². The average Bonchev–Trinajstić information content (AvgIpc) is 3.38. The number of pyridine rings is 1. The summed E-state index contributed by atoms with van der Waals surface area (Å²) in [4.78, 5) is 20.7. The van der Waals surface area contributed by atoms with Gasteiger partial charge in [-0.25, -0.2) is 14.6 Å². The van der Waals surface area contributed by atoms with Crippen LogP contribution in [0.2, 0.25) is 0 Å². The van der Waals surface area contributed by atoms with Crippen molar-refractivity contribution in [1.29, 1.82) is 0 Å². The number of hydrogen-bond donors (Lipinski definition) is 2. The standard InChI is InChI=1S/C18H20N6O2/c25-16-8-13(10-23-6-5-19-12-23)7-15(16)22-18(26)14-9-21-24(11-14)17-3-1-2-4-20-17/h1-6,9,11-13,15-16,25H,7-8,10H2,(H,22,26)/t13?,15-,16-/m1/s1. The third kappa shape index (κ3) is 3.50. The molecule has 3 aromatic heterocycles. The van der Waals surface area contributed by atoms with Crippen molar-refractivity contribution in [3.63, 3.8) is 0 Å². The van der Waals surface area contributed by atoms with Crippen LogP contribution in [0.15, 0.2) is 55.5 Å². The second kappa shape index (κ2) is 7.09. The van der Waals surface area contributed by atoms with Gasteiger partial charge in [-0.15, -0.1) is 0 Å². The summed E-state index contributed by atoms with van der Waals surface area (Å²) in [5.41, 5.74) is 0.445. The Bertz CT molecular complexity index is 861. The van der Waals surface area contributed by atoms with Crippen molar-refractivity contribution < 1.29 is 9.90 Å². The van der Waals surface area contributed by atoms with Crippen LogP contribution in [0.5, 0.6) is 0 Å². The topological polar surface area (TPSA) is 97.9 Å². The van der Waals surface area contributed by atoms with E-state index < -0.39 is 6.10 Å². The molecule has 3 aromatic rings. The summed E-state index contributed by atoms with van der Waals surface area (Å²) in [6.07, 6.45) is 11.1. The van der Waals surface area contributed by atoms with Crippen LogP contribution in [0.3, 0.4) is 0 Å². The SMILES string of the molecule is O=C(N[C@@H]1CC(Cn2ccnc2)C[C@H]1O)c1cnn(-c2ccccn2)c1. The number of carbonyl (C=O) groups excluding carboxylic acids is 1. The lowest BCUT2D eigenvalue weighted by Gasteiger charge is -2.15. The molecule has 8 heteroatoms. The minimum Gasteiger partial charge on any atom is -0.391 e. The summed E-state index contributed by atoms with van der Waals surface area (Å²) in [7, 11) is 0. The highest BCUT2D eigenvalue weighted by Crippen LogP contribution is 2.27. The average molecular weight is 352 g/mol. The normalized spacial score (nSPS) is 22.4. The summed E-state index contributed by atoms with van der Waals surface area (Å²) in [5.74, 6) is 0.716. The van der Waals surface area contributed by atoms with Crippen molar-refractivity contribution >= 4 is 5.91 Å². The molecule has 1 amide bonds. The predicted octanol–water partition coefficient (Wildman–Crippen LogP) is 1.03. The van der Waals surface area contributed by atoms with Gasteiger partial charge in [0.15, 0.2) is 5.82 Å². The first kappa shape index (κ1) is 16.5. The van der Waals surface area contributed by atoms with Gasteiger partial charge in [0.05, 0.1) is 30.2 Å². The Morgan fingerprint density at radius 1 is 1.31 bits per heavy atom. The lowest BCUT2D eigenvalue weighted by molar-refractivity contribution is 0.0873. The van der Waals surface area contributed by atoms with E-state index in [0.717, 1.165) is 13.0 Å². The van der Waals surface area contributed by atoms with Gasteiger partial charge in [0.25, 0.3) is 5.91 Å². The summed E-state index contributed by atoms with van der Waals surface area (Å²) in [6, 6.07) is 5.24. The van der Waals surface area contributed by atoms with Crippen LogP contribution in [0.1, 0.15) is 23.2 Å². The number of nitrogens with one attached hydrogen (secondary N) is 1. The predicted molar refractivity (Wildman–Crippen MR) is 93.6 cm³/mol. The maximum Gasteiger partial charge on any atom is 0.254 e. The number of nitrogens with zero attached hydrogens (tertiary/aromatic N) is 5. The van der Waals surface area contributed by atoms with Crippen molar-refractivity contribution in [1.82, 2.24) is 29.6 Å². The van der Waals surface area contributed by atoms with E-state index in [1.165, 1.54) is 6.20 Å². The molecule has 0 bridgehead atoms. The Morgan fingerprint density at radius 3 is 3.00 bits per heavy atom. The smallest absolute Gasteiger partial charge is 0.254 e. The number of aliphatic hydroxyl groups is 1. The van der Waals surface area contributed by atoms with Crippen LogP contribution < -0.4 is 5.32 Å². The molecule has 0 aromatic carbocycles. The molecule has 26 heavy (non-hydrogen) atoms. The molecule has 1 fully saturated rings. The molecule has 4 rings (SSSR count). The van der Waals surface area contributed by atoms with Crippen molar-refractivity contribution in [2.75, 3.05) is 0 Å². The fourth-order valence-corrected chi connectivity index (χ4v) is 3.42. The Morgan fingerprint density at radius 2 is 2.23 bits per heavy atom. The van der Waals surface area contributed by atoms with Crippen LogP contribution in [-0.2, 0) is 6.54 Å². The number of amides is 1. The van der Waals surface area contributed by atoms with E-state index in [-0.39, 0.29) is 11.9 Å².